The summed E-state index contributed by atoms with van der Waals surface area (Å²) in [6.45, 7) is 2.36. The number of nitrogens with one attached hydrogen (secondary N) is 1. The highest BCUT2D eigenvalue weighted by molar-refractivity contribution is 7.71. The molecule has 0 aliphatic carbocycles. The molecule has 0 saturated heterocycles. The van der Waals surface area contributed by atoms with Crippen LogP contribution in [-0.4, -0.2) is 34.9 Å². The van der Waals surface area contributed by atoms with Crippen LogP contribution in [0.15, 0.2) is 54.7 Å². The summed E-state index contributed by atoms with van der Waals surface area (Å²) >= 11 is 5.58. The molecule has 2 aromatic carbocycles. The first-order valence-electron chi connectivity index (χ1n) is 8.41. The van der Waals surface area contributed by atoms with Gasteiger partial charge in [0, 0.05) is 18.3 Å². The quantitative estimate of drug-likeness (QED) is 0.316. The van der Waals surface area contributed by atoms with Gasteiger partial charge in [-0.3, -0.25) is 15.2 Å². The molecule has 0 amide bonds. The maximum absolute atomic E-state index is 10.7. The Labute approximate surface area is 164 Å². The molecule has 4 rings (SSSR count). The van der Waals surface area contributed by atoms with Crippen LogP contribution in [0.4, 0.5) is 5.69 Å². The zero-order valence-electron chi connectivity index (χ0n) is 14.8. The van der Waals surface area contributed by atoms with Crippen LogP contribution in [0.1, 0.15) is 11.1 Å². The molecule has 0 fully saturated rings. The summed E-state index contributed by atoms with van der Waals surface area (Å²) in [4.78, 5) is 11.7. The molecular weight excluding hydrogens is 378 g/mol. The number of hydrogen-bond acceptors (Lipinski definition) is 6. The molecule has 28 heavy (non-hydrogen) atoms. The summed E-state index contributed by atoms with van der Waals surface area (Å²) in [7, 11) is 0. The van der Waals surface area contributed by atoms with Crippen LogP contribution in [0.5, 0.6) is 0 Å². The molecule has 0 unspecified atom stereocenters. The molecule has 0 atom stereocenters. The van der Waals surface area contributed by atoms with E-state index in [2.05, 4.69) is 20.5 Å². The molecule has 0 aliphatic heterocycles. The maximum Gasteiger partial charge on any atom is 0.269 e. The second-order valence-electron chi connectivity index (χ2n) is 6.18. The fraction of sp³-hybridized carbons (Fsp3) is 0.111. The number of nitro benzene ring substituents is 1. The number of aromatic nitrogens is 6. The van der Waals surface area contributed by atoms with E-state index in [0.717, 1.165) is 16.8 Å². The molecular formula is C18H15N7O2S. The summed E-state index contributed by atoms with van der Waals surface area (Å²) in [5.41, 5.74) is 3.59. The summed E-state index contributed by atoms with van der Waals surface area (Å²) in [6.07, 6.45) is 1.75. The van der Waals surface area contributed by atoms with Gasteiger partial charge in [0.2, 0.25) is 5.82 Å². The van der Waals surface area contributed by atoms with Crippen molar-refractivity contribution in [1.29, 1.82) is 0 Å². The van der Waals surface area contributed by atoms with Crippen molar-refractivity contribution in [3.05, 3.63) is 80.6 Å². The molecule has 0 radical (unpaired) electrons. The highest BCUT2D eigenvalue weighted by Gasteiger charge is 2.13. The average molecular weight is 393 g/mol. The number of aryl methyl sites for hydroxylation is 1. The third-order valence-corrected chi connectivity index (χ3v) is 4.70. The van der Waals surface area contributed by atoms with Gasteiger partial charge in [0.05, 0.1) is 22.7 Å². The van der Waals surface area contributed by atoms with Gasteiger partial charge in [-0.2, -0.15) is 4.80 Å². The van der Waals surface area contributed by atoms with E-state index in [1.54, 1.807) is 23.0 Å². The Morgan fingerprint density at radius 2 is 1.93 bits per heavy atom. The Morgan fingerprint density at radius 1 is 1.18 bits per heavy atom. The number of H-pyrrole nitrogens is 1. The van der Waals surface area contributed by atoms with Crippen molar-refractivity contribution in [3.63, 3.8) is 0 Å². The van der Waals surface area contributed by atoms with Crippen LogP contribution in [-0.2, 0) is 6.54 Å². The van der Waals surface area contributed by atoms with E-state index in [1.165, 1.54) is 16.9 Å². The highest BCUT2D eigenvalue weighted by Crippen LogP contribution is 2.20. The van der Waals surface area contributed by atoms with Crippen molar-refractivity contribution in [2.75, 3.05) is 0 Å². The Hall–Kier alpha value is -3.66. The van der Waals surface area contributed by atoms with E-state index in [4.69, 9.17) is 12.2 Å². The molecule has 2 aromatic heterocycles. The smallest absolute Gasteiger partial charge is 0.269 e. The average Bonchev–Trinajstić information content (AvgIpc) is 3.29. The molecule has 2 heterocycles. The largest absolute Gasteiger partial charge is 0.299 e. The Balaban J connectivity index is 1.59. The van der Waals surface area contributed by atoms with Gasteiger partial charge in [-0.25, -0.2) is 4.68 Å². The van der Waals surface area contributed by atoms with Crippen LogP contribution >= 0.6 is 12.2 Å². The highest BCUT2D eigenvalue weighted by atomic mass is 32.1. The number of non-ortho nitro benzene ring substituents is 1. The minimum Gasteiger partial charge on any atom is -0.299 e. The SMILES string of the molecule is Cc1ccccc1-n1[nH]cc(-c2nnn(Cc3ccc([N+](=O)[O-])cc3)n2)c1=S. The third-order valence-electron chi connectivity index (χ3n) is 4.29. The maximum atomic E-state index is 10.7. The van der Waals surface area contributed by atoms with E-state index in [0.29, 0.717) is 22.6 Å². The van der Waals surface area contributed by atoms with Gasteiger partial charge >= 0.3 is 0 Å². The second-order valence-corrected chi connectivity index (χ2v) is 6.57. The Morgan fingerprint density at radius 3 is 2.64 bits per heavy atom. The molecule has 9 nitrogen and oxygen atoms in total. The monoisotopic (exact) mass is 393 g/mol. The zero-order chi connectivity index (χ0) is 19.7. The molecule has 0 aliphatic rings. The molecule has 0 bridgehead atoms. The lowest BCUT2D eigenvalue weighted by Gasteiger charge is -2.05. The zero-order valence-corrected chi connectivity index (χ0v) is 15.6. The normalized spacial score (nSPS) is 10.9. The standard InChI is InChI=1S/C18H15N7O2S/c1-12-4-2-3-5-16(12)24-18(28)15(10-19-24)17-20-22-23(21-17)11-13-6-8-14(9-7-13)25(26)27/h2-10,19H,11H2,1H3. The third kappa shape index (κ3) is 3.32. The van der Waals surface area contributed by atoms with Gasteiger partial charge in [-0.1, -0.05) is 42.5 Å². The number of benzene rings is 2. The second kappa shape index (κ2) is 7.16. The van der Waals surface area contributed by atoms with Crippen LogP contribution in [0.3, 0.4) is 0 Å². The van der Waals surface area contributed by atoms with Crippen LogP contribution in [0.2, 0.25) is 0 Å². The summed E-state index contributed by atoms with van der Waals surface area (Å²) < 4.78 is 2.36. The van der Waals surface area contributed by atoms with Crippen molar-refractivity contribution < 1.29 is 4.92 Å². The predicted molar refractivity (Wildman–Crippen MR) is 105 cm³/mol. The molecule has 140 valence electrons. The van der Waals surface area contributed by atoms with Gasteiger partial charge in [0.1, 0.15) is 4.64 Å². The number of rotatable bonds is 5. The van der Waals surface area contributed by atoms with Crippen LogP contribution in [0, 0.1) is 21.7 Å². The number of tetrazole rings is 1. The van der Waals surface area contributed by atoms with Crippen molar-refractivity contribution >= 4 is 17.9 Å². The van der Waals surface area contributed by atoms with Gasteiger partial charge in [0.15, 0.2) is 0 Å². The topological polar surface area (TPSA) is 107 Å². The summed E-state index contributed by atoms with van der Waals surface area (Å²) in [5.74, 6) is 0.412. The van der Waals surface area contributed by atoms with E-state index in [9.17, 15) is 10.1 Å². The van der Waals surface area contributed by atoms with Crippen LogP contribution in [0.25, 0.3) is 17.1 Å². The summed E-state index contributed by atoms with van der Waals surface area (Å²) in [5, 5.41) is 26.4. The lowest BCUT2D eigenvalue weighted by Crippen LogP contribution is -2.04. The van der Waals surface area contributed by atoms with Gasteiger partial charge in [0.25, 0.3) is 5.69 Å². The van der Waals surface area contributed by atoms with Crippen molar-refractivity contribution in [1.82, 2.24) is 30.0 Å². The minimum atomic E-state index is -0.434. The number of para-hydroxylation sites is 1. The fourth-order valence-electron chi connectivity index (χ4n) is 2.83. The number of nitro groups is 1. The van der Waals surface area contributed by atoms with Crippen LogP contribution < -0.4 is 0 Å². The minimum absolute atomic E-state index is 0.0415. The van der Waals surface area contributed by atoms with Gasteiger partial charge < -0.3 is 0 Å². The van der Waals surface area contributed by atoms with E-state index >= 15 is 0 Å². The molecule has 1 N–H and O–H groups in total. The molecule has 4 aromatic rings. The van der Waals surface area contributed by atoms with Crippen molar-refractivity contribution in [3.8, 4) is 17.1 Å². The van der Waals surface area contributed by atoms with Gasteiger partial charge in [-0.15, -0.1) is 10.2 Å². The first-order chi connectivity index (χ1) is 13.5. The fourth-order valence-corrected chi connectivity index (χ4v) is 3.13. The lowest BCUT2D eigenvalue weighted by molar-refractivity contribution is -0.384. The van der Waals surface area contributed by atoms with Crippen molar-refractivity contribution in [2.45, 2.75) is 13.5 Å². The van der Waals surface area contributed by atoms with E-state index < -0.39 is 4.92 Å². The molecule has 0 saturated carbocycles. The van der Waals surface area contributed by atoms with Gasteiger partial charge in [-0.05, 0) is 29.3 Å². The van der Waals surface area contributed by atoms with E-state index in [1.807, 2.05) is 31.2 Å². The Kier molecular flexibility index (Phi) is 4.53. The number of hydrogen-bond donors (Lipinski definition) is 1. The first kappa shape index (κ1) is 17.7. The van der Waals surface area contributed by atoms with Crippen molar-refractivity contribution in [2.24, 2.45) is 0 Å². The van der Waals surface area contributed by atoms with E-state index in [-0.39, 0.29) is 5.69 Å². The Bertz CT molecular complexity index is 1210. The molecule has 0 spiro atoms. The number of nitrogens with zero attached hydrogens (tertiary/aromatic N) is 6. The summed E-state index contributed by atoms with van der Waals surface area (Å²) in [6, 6.07) is 14.1. The first-order valence-corrected chi connectivity index (χ1v) is 8.82. The lowest BCUT2D eigenvalue weighted by atomic mass is 10.2. The predicted octanol–water partition coefficient (Wildman–Crippen LogP) is 3.45. The molecule has 10 heteroatoms. The number of aromatic amines is 1.